The molecule has 1 rings (SSSR count). The maximum Gasteiger partial charge on any atom is -0.00178 e. The molecule has 0 bridgehead atoms. The molecule has 0 amide bonds. The van der Waals surface area contributed by atoms with Gasteiger partial charge in [-0.15, -0.1) is 0 Å². The minimum Gasteiger partial charge on any atom is -0.316 e. The third kappa shape index (κ3) is 7.04. The number of nitrogens with one attached hydrogen (secondary N) is 1. The van der Waals surface area contributed by atoms with Crippen LogP contribution in [0.4, 0.5) is 0 Å². The summed E-state index contributed by atoms with van der Waals surface area (Å²) in [7, 11) is 0. The van der Waals surface area contributed by atoms with Gasteiger partial charge in [-0.3, -0.25) is 0 Å². The Hall–Kier alpha value is 0.310. The van der Waals surface area contributed by atoms with Crippen molar-refractivity contribution in [2.75, 3.05) is 25.1 Å². The molecule has 0 aromatic rings. The zero-order valence-electron chi connectivity index (χ0n) is 12.7. The molecular weight excluding hydrogens is 238 g/mol. The minimum atomic E-state index is 0.783. The van der Waals surface area contributed by atoms with Crippen LogP contribution in [0.15, 0.2) is 0 Å². The van der Waals surface area contributed by atoms with E-state index in [1.165, 1.54) is 63.8 Å². The van der Waals surface area contributed by atoms with Gasteiger partial charge in [0.15, 0.2) is 0 Å². The Kier molecular flexibility index (Phi) is 9.22. The van der Waals surface area contributed by atoms with E-state index >= 15 is 0 Å². The van der Waals surface area contributed by atoms with Crippen LogP contribution >= 0.6 is 11.8 Å². The van der Waals surface area contributed by atoms with Crippen molar-refractivity contribution < 1.29 is 0 Å². The first-order valence-electron chi connectivity index (χ1n) is 7.93. The molecule has 2 heteroatoms. The van der Waals surface area contributed by atoms with Gasteiger partial charge >= 0.3 is 0 Å². The van der Waals surface area contributed by atoms with Gasteiger partial charge in [-0.25, -0.2) is 0 Å². The molecule has 1 fully saturated rings. The molecule has 2 atom stereocenters. The van der Waals surface area contributed by atoms with E-state index in [0.29, 0.717) is 0 Å². The minimum absolute atomic E-state index is 0.783. The Morgan fingerprint density at radius 3 is 2.50 bits per heavy atom. The van der Waals surface area contributed by atoms with Crippen LogP contribution in [0, 0.1) is 17.8 Å². The van der Waals surface area contributed by atoms with Crippen molar-refractivity contribution in [3.8, 4) is 0 Å². The Balaban J connectivity index is 2.31. The van der Waals surface area contributed by atoms with E-state index in [-0.39, 0.29) is 0 Å². The van der Waals surface area contributed by atoms with E-state index in [0.717, 1.165) is 17.8 Å². The Bertz CT molecular complexity index is 194. The van der Waals surface area contributed by atoms with Gasteiger partial charge in [0.2, 0.25) is 0 Å². The van der Waals surface area contributed by atoms with Crippen LogP contribution in [0.2, 0.25) is 0 Å². The van der Waals surface area contributed by atoms with Crippen LogP contribution in [0.5, 0.6) is 0 Å². The molecule has 0 aliphatic heterocycles. The normalized spacial score (nSPS) is 25.3. The molecule has 2 unspecified atom stereocenters. The van der Waals surface area contributed by atoms with E-state index in [1.54, 1.807) is 0 Å². The lowest BCUT2D eigenvalue weighted by atomic mass is 9.84. The van der Waals surface area contributed by atoms with Crippen molar-refractivity contribution in [3.05, 3.63) is 0 Å². The molecular formula is C16H33NS. The summed E-state index contributed by atoms with van der Waals surface area (Å²) in [6.07, 6.45) is 12.5. The monoisotopic (exact) mass is 271 g/mol. The molecule has 1 aliphatic rings. The van der Waals surface area contributed by atoms with E-state index < -0.39 is 0 Å². The van der Waals surface area contributed by atoms with Gasteiger partial charge in [-0.2, -0.15) is 11.8 Å². The molecule has 1 nitrogen and oxygen atoms in total. The van der Waals surface area contributed by atoms with Gasteiger partial charge in [0.05, 0.1) is 0 Å². The van der Waals surface area contributed by atoms with Crippen LogP contribution in [0.1, 0.15) is 58.8 Å². The number of hydrogen-bond donors (Lipinski definition) is 1. The lowest BCUT2D eigenvalue weighted by molar-refractivity contribution is 0.279. The zero-order valence-corrected chi connectivity index (χ0v) is 13.5. The second-order valence-electron chi connectivity index (χ2n) is 6.35. The quantitative estimate of drug-likeness (QED) is 0.512. The van der Waals surface area contributed by atoms with E-state index in [9.17, 15) is 0 Å². The summed E-state index contributed by atoms with van der Waals surface area (Å²) < 4.78 is 0. The van der Waals surface area contributed by atoms with Gasteiger partial charge in [0.1, 0.15) is 0 Å². The average Bonchev–Trinajstić information content (AvgIpc) is 2.55. The number of hydrogen-bond acceptors (Lipinski definition) is 2. The van der Waals surface area contributed by atoms with Gasteiger partial charge in [0.25, 0.3) is 0 Å². The molecule has 0 saturated heterocycles. The topological polar surface area (TPSA) is 12.0 Å². The Labute approximate surface area is 119 Å². The number of thioether (sulfide) groups is 1. The fourth-order valence-electron chi connectivity index (χ4n) is 3.16. The van der Waals surface area contributed by atoms with Crippen molar-refractivity contribution in [1.29, 1.82) is 0 Å². The molecule has 0 spiro atoms. The SMILES string of the molecule is CSCCCC1CCCCCC1CNCC(C)C. The van der Waals surface area contributed by atoms with E-state index in [2.05, 4.69) is 25.4 Å². The summed E-state index contributed by atoms with van der Waals surface area (Å²) >= 11 is 2.00. The highest BCUT2D eigenvalue weighted by molar-refractivity contribution is 7.98. The first-order chi connectivity index (χ1) is 8.74. The molecule has 0 heterocycles. The second kappa shape index (κ2) is 10.1. The van der Waals surface area contributed by atoms with Gasteiger partial charge < -0.3 is 5.32 Å². The van der Waals surface area contributed by atoms with Crippen LogP contribution in [-0.4, -0.2) is 25.1 Å². The van der Waals surface area contributed by atoms with E-state index in [4.69, 9.17) is 0 Å². The summed E-state index contributed by atoms with van der Waals surface area (Å²) in [6, 6.07) is 0. The Morgan fingerprint density at radius 2 is 1.83 bits per heavy atom. The second-order valence-corrected chi connectivity index (χ2v) is 7.33. The smallest absolute Gasteiger partial charge is 0.00178 e. The highest BCUT2D eigenvalue weighted by Crippen LogP contribution is 2.32. The lowest BCUT2D eigenvalue weighted by Gasteiger charge is -2.26. The summed E-state index contributed by atoms with van der Waals surface area (Å²) in [4.78, 5) is 0. The maximum atomic E-state index is 3.70. The first kappa shape index (κ1) is 16.4. The van der Waals surface area contributed by atoms with Crippen LogP contribution in [0.3, 0.4) is 0 Å². The fourth-order valence-corrected chi connectivity index (χ4v) is 3.61. The average molecular weight is 272 g/mol. The van der Waals surface area contributed by atoms with Crippen molar-refractivity contribution in [2.45, 2.75) is 58.8 Å². The van der Waals surface area contributed by atoms with Crippen LogP contribution in [-0.2, 0) is 0 Å². The molecule has 108 valence electrons. The highest BCUT2D eigenvalue weighted by atomic mass is 32.2. The lowest BCUT2D eigenvalue weighted by Crippen LogP contribution is -2.30. The summed E-state index contributed by atoms with van der Waals surface area (Å²) in [6.45, 7) is 7.06. The van der Waals surface area contributed by atoms with Crippen LogP contribution in [0.25, 0.3) is 0 Å². The first-order valence-corrected chi connectivity index (χ1v) is 9.33. The van der Waals surface area contributed by atoms with E-state index in [1.807, 2.05) is 11.8 Å². The maximum absolute atomic E-state index is 3.70. The molecule has 1 saturated carbocycles. The molecule has 0 radical (unpaired) electrons. The number of rotatable bonds is 8. The van der Waals surface area contributed by atoms with Gasteiger partial charge in [0, 0.05) is 0 Å². The molecule has 1 N–H and O–H groups in total. The third-order valence-electron chi connectivity index (χ3n) is 4.20. The standard InChI is InChI=1S/C16H33NS/c1-14(2)12-17-13-16-9-6-4-5-8-15(16)10-7-11-18-3/h14-17H,4-13H2,1-3H3. The predicted molar refractivity (Wildman–Crippen MR) is 85.4 cm³/mol. The summed E-state index contributed by atoms with van der Waals surface area (Å²) in [5.41, 5.74) is 0. The molecule has 0 aromatic carbocycles. The van der Waals surface area contributed by atoms with Gasteiger partial charge in [-0.05, 0) is 62.1 Å². The largest absolute Gasteiger partial charge is 0.316 e. The van der Waals surface area contributed by atoms with Crippen molar-refractivity contribution in [3.63, 3.8) is 0 Å². The van der Waals surface area contributed by atoms with Crippen molar-refractivity contribution in [2.24, 2.45) is 17.8 Å². The zero-order chi connectivity index (χ0) is 13.2. The molecule has 18 heavy (non-hydrogen) atoms. The van der Waals surface area contributed by atoms with Gasteiger partial charge in [-0.1, -0.05) is 39.5 Å². The summed E-state index contributed by atoms with van der Waals surface area (Å²) in [5, 5.41) is 3.70. The predicted octanol–water partition coefficient (Wildman–Crippen LogP) is 4.57. The third-order valence-corrected chi connectivity index (χ3v) is 4.90. The summed E-state index contributed by atoms with van der Waals surface area (Å²) in [5.74, 6) is 4.08. The molecule has 0 aromatic heterocycles. The highest BCUT2D eigenvalue weighted by Gasteiger charge is 2.22. The molecule has 1 aliphatic carbocycles. The van der Waals surface area contributed by atoms with Crippen LogP contribution < -0.4 is 5.32 Å². The van der Waals surface area contributed by atoms with Crippen molar-refractivity contribution >= 4 is 11.8 Å². The Morgan fingerprint density at radius 1 is 1.11 bits per heavy atom. The van der Waals surface area contributed by atoms with Crippen molar-refractivity contribution in [1.82, 2.24) is 5.32 Å². The fraction of sp³-hybridized carbons (Fsp3) is 1.00.